The maximum absolute atomic E-state index is 8.77. The number of hydrogen-bond donors (Lipinski definition) is 2. The van der Waals surface area contributed by atoms with Crippen molar-refractivity contribution in [3.8, 4) is 0 Å². The molecule has 2 N–H and O–H groups in total. The van der Waals surface area contributed by atoms with Crippen LogP contribution < -0.4 is 9.46 Å². The summed E-state index contributed by atoms with van der Waals surface area (Å²) in [5, 5.41) is 0. The second-order valence-corrected chi connectivity index (χ2v) is 8.38. The summed E-state index contributed by atoms with van der Waals surface area (Å²) in [7, 11) is -2.80. The highest BCUT2D eigenvalue weighted by Crippen LogP contribution is 2.19. The van der Waals surface area contributed by atoms with Crippen LogP contribution in [0, 0.1) is 0 Å². The fourth-order valence-electron chi connectivity index (χ4n) is 3.12. The van der Waals surface area contributed by atoms with Crippen LogP contribution in [0.3, 0.4) is 0 Å². The van der Waals surface area contributed by atoms with E-state index >= 15 is 0 Å². The van der Waals surface area contributed by atoms with Gasteiger partial charge in [-0.2, -0.15) is 0 Å². The van der Waals surface area contributed by atoms with Gasteiger partial charge in [0.1, 0.15) is 12.4 Å². The van der Waals surface area contributed by atoms with Gasteiger partial charge in [-0.3, -0.25) is 4.57 Å². The number of unbranched alkanes of at least 4 members (excludes halogenated alkanes) is 13. The summed E-state index contributed by atoms with van der Waals surface area (Å²) >= 11 is 0. The van der Waals surface area contributed by atoms with Crippen LogP contribution in [-0.4, -0.2) is 14.4 Å². The Bertz CT molecular complexity index is 480. The Kier molecular flexibility index (Phi) is 17.0. The third kappa shape index (κ3) is 23.3. The molecule has 0 radical (unpaired) electrons. The Morgan fingerprint density at radius 1 is 0.852 bits per heavy atom. The van der Waals surface area contributed by atoms with Crippen LogP contribution in [0.4, 0.5) is 0 Å². The molecule has 0 atom stereocenters. The van der Waals surface area contributed by atoms with Crippen molar-refractivity contribution in [2.75, 3.05) is 0 Å². The van der Waals surface area contributed by atoms with E-state index in [0.717, 1.165) is 0 Å². The van der Waals surface area contributed by atoms with E-state index in [1.54, 1.807) is 0 Å². The first kappa shape index (κ1) is 26.3. The molecule has 0 fully saturated rings. The van der Waals surface area contributed by atoms with E-state index in [-0.39, 0.29) is 0 Å². The maximum atomic E-state index is 8.77. The minimum Gasteiger partial charge on any atom is -0.756 e. The van der Waals surface area contributed by atoms with Crippen molar-refractivity contribution in [2.24, 2.45) is 7.05 Å². The molecule has 1 heterocycles. The summed E-state index contributed by atoms with van der Waals surface area (Å²) in [6, 6.07) is 0. The molecule has 7 heteroatoms. The smallest absolute Gasteiger partial charge is 0.262 e. The monoisotopic (exact) mass is 404 g/mol. The summed E-state index contributed by atoms with van der Waals surface area (Å²) in [5.74, 6) is 0. The minimum atomic E-state index is -4.89. The van der Waals surface area contributed by atoms with Crippen molar-refractivity contribution in [1.29, 1.82) is 0 Å². The van der Waals surface area contributed by atoms with Crippen LogP contribution in [0.1, 0.15) is 96.8 Å². The molecule has 0 aliphatic carbocycles. The molecule has 0 saturated carbocycles. The fourth-order valence-corrected chi connectivity index (χ4v) is 3.12. The highest BCUT2D eigenvalue weighted by atomic mass is 31.2. The summed E-state index contributed by atoms with van der Waals surface area (Å²) in [6.45, 7) is 3.47. The van der Waals surface area contributed by atoms with E-state index in [9.17, 15) is 0 Å². The van der Waals surface area contributed by atoms with Crippen LogP contribution in [0.15, 0.2) is 18.7 Å². The Morgan fingerprint density at radius 3 is 1.56 bits per heavy atom. The largest absolute Gasteiger partial charge is 0.756 e. The lowest BCUT2D eigenvalue weighted by Gasteiger charge is -2.03. The molecule has 0 spiro atoms. The molecule has 0 aliphatic rings. The van der Waals surface area contributed by atoms with Gasteiger partial charge in [0.2, 0.25) is 6.33 Å². The minimum absolute atomic E-state index is 1.18. The Labute approximate surface area is 165 Å². The van der Waals surface area contributed by atoms with Gasteiger partial charge in [0.15, 0.2) is 0 Å². The Balaban J connectivity index is 0.00000119. The highest BCUT2D eigenvalue weighted by Gasteiger charge is 1.99. The van der Waals surface area contributed by atoms with Crippen LogP contribution in [-0.2, 0) is 18.2 Å². The van der Waals surface area contributed by atoms with Gasteiger partial charge in [0.25, 0.3) is 7.82 Å². The van der Waals surface area contributed by atoms with Crippen molar-refractivity contribution in [3.05, 3.63) is 18.7 Å². The Hall–Kier alpha value is -0.680. The zero-order valence-electron chi connectivity index (χ0n) is 17.4. The van der Waals surface area contributed by atoms with E-state index in [1.165, 1.54) is 96.4 Å². The second kappa shape index (κ2) is 17.4. The number of imidazole rings is 1. The third-order valence-electron chi connectivity index (χ3n) is 4.59. The summed E-state index contributed by atoms with van der Waals surface area (Å²) in [6.07, 6.45) is 26.5. The zero-order valence-corrected chi connectivity index (χ0v) is 18.3. The molecule has 1 aromatic heterocycles. The number of aryl methyl sites for hydroxylation is 2. The molecule has 0 aliphatic heterocycles. The lowest BCUT2D eigenvalue weighted by Crippen LogP contribution is -2.23. The molecule has 0 amide bonds. The topological polar surface area (TPSA) is 89.4 Å². The van der Waals surface area contributed by atoms with Gasteiger partial charge in [0, 0.05) is 0 Å². The maximum Gasteiger partial charge on any atom is 0.262 e. The molecule has 0 saturated heterocycles. The predicted octanol–water partition coefficient (Wildman–Crippen LogP) is 4.23. The van der Waals surface area contributed by atoms with Crippen LogP contribution in [0.5, 0.6) is 0 Å². The van der Waals surface area contributed by atoms with Crippen LogP contribution in [0.25, 0.3) is 0 Å². The van der Waals surface area contributed by atoms with Crippen molar-refractivity contribution in [2.45, 2.75) is 103 Å². The van der Waals surface area contributed by atoms with Gasteiger partial charge >= 0.3 is 0 Å². The Morgan fingerprint density at radius 2 is 1.22 bits per heavy atom. The predicted molar refractivity (Wildman–Crippen MR) is 108 cm³/mol. The van der Waals surface area contributed by atoms with Gasteiger partial charge in [0.05, 0.1) is 13.6 Å². The number of aromatic nitrogens is 2. The molecule has 0 bridgehead atoms. The number of hydrogen-bond acceptors (Lipinski definition) is 2. The first-order chi connectivity index (χ1) is 12.8. The van der Waals surface area contributed by atoms with E-state index in [4.69, 9.17) is 19.2 Å². The average molecular weight is 405 g/mol. The zero-order chi connectivity index (χ0) is 20.4. The van der Waals surface area contributed by atoms with Crippen LogP contribution in [0.2, 0.25) is 0 Å². The van der Waals surface area contributed by atoms with Crippen LogP contribution >= 0.6 is 7.82 Å². The highest BCUT2D eigenvalue weighted by molar-refractivity contribution is 7.43. The number of nitrogens with zero attached hydrogens (tertiary/aromatic N) is 2. The first-order valence-corrected chi connectivity index (χ1v) is 12.1. The molecule has 0 unspecified atom stereocenters. The normalized spacial score (nSPS) is 11.3. The lowest BCUT2D eigenvalue weighted by atomic mass is 10.0. The quantitative estimate of drug-likeness (QED) is 0.260. The molecule has 1 aromatic rings. The van der Waals surface area contributed by atoms with Crippen molar-refractivity contribution in [1.82, 2.24) is 4.57 Å². The molecule has 160 valence electrons. The van der Waals surface area contributed by atoms with Gasteiger partial charge in [-0.15, -0.1) is 0 Å². The van der Waals surface area contributed by atoms with E-state index in [1.807, 2.05) is 0 Å². The average Bonchev–Trinajstić information content (AvgIpc) is 2.99. The van der Waals surface area contributed by atoms with E-state index in [0.29, 0.717) is 0 Å². The van der Waals surface area contributed by atoms with Gasteiger partial charge < -0.3 is 14.7 Å². The summed E-state index contributed by atoms with van der Waals surface area (Å²) < 4.78 is 13.2. The van der Waals surface area contributed by atoms with E-state index in [2.05, 4.69) is 41.8 Å². The SMILES string of the molecule is CCCCCCCCCCCCCCCCn1cc[n+](C)c1.O=P([O-])(O)O. The van der Waals surface area contributed by atoms with Crippen molar-refractivity contribution < 1.29 is 23.8 Å². The van der Waals surface area contributed by atoms with Gasteiger partial charge in [-0.1, -0.05) is 84.0 Å². The summed E-state index contributed by atoms with van der Waals surface area (Å²) in [4.78, 5) is 22.9. The van der Waals surface area contributed by atoms with Gasteiger partial charge in [-0.25, -0.2) is 9.13 Å². The standard InChI is InChI=1S/C20H39N2.H3O4P/c1-3-4-5-6-7-8-9-10-11-12-13-14-15-16-17-22-19-18-21(2)20-22;1-5(2,3)4/h18-20H,3-17H2,1-2H3;(H3,1,2,3,4)/q+1;/p-1. The lowest BCUT2D eigenvalue weighted by molar-refractivity contribution is -0.671. The molecule has 0 aromatic carbocycles. The molecule has 1 rings (SSSR count). The third-order valence-corrected chi connectivity index (χ3v) is 4.59. The fraction of sp³-hybridized carbons (Fsp3) is 0.850. The second-order valence-electron chi connectivity index (χ2n) is 7.40. The molecule has 27 heavy (non-hydrogen) atoms. The first-order valence-electron chi connectivity index (χ1n) is 10.6. The molecular formula is C20H41N2O4P. The molecular weight excluding hydrogens is 363 g/mol. The van der Waals surface area contributed by atoms with Crippen molar-refractivity contribution >= 4 is 7.82 Å². The van der Waals surface area contributed by atoms with Crippen molar-refractivity contribution in [3.63, 3.8) is 0 Å². The van der Waals surface area contributed by atoms with E-state index < -0.39 is 7.82 Å². The summed E-state index contributed by atoms with van der Waals surface area (Å²) in [5.41, 5.74) is 0. The molecule has 6 nitrogen and oxygen atoms in total. The van der Waals surface area contributed by atoms with Gasteiger partial charge in [-0.05, 0) is 12.8 Å². The number of phosphoric acid groups is 1. The number of rotatable bonds is 15.